The molecular weight excluding hydrogens is 350 g/mol. The molecule has 2 aromatic rings. The summed E-state index contributed by atoms with van der Waals surface area (Å²) in [7, 11) is 0. The van der Waals surface area contributed by atoms with Crippen LogP contribution in [0.1, 0.15) is 68.5 Å². The zero-order valence-electron chi connectivity index (χ0n) is 17.0. The molecule has 2 aliphatic rings. The molecule has 1 aromatic carbocycles. The topological polar surface area (TPSA) is 72.4 Å². The maximum Gasteiger partial charge on any atom is 0.217 e. The molecular formula is C23H33N3O2. The molecule has 1 saturated carbocycles. The van der Waals surface area contributed by atoms with E-state index in [9.17, 15) is 4.79 Å². The number of hydrogen-bond donors (Lipinski definition) is 1. The highest BCUT2D eigenvalue weighted by Gasteiger charge is 2.26. The molecule has 2 fully saturated rings. The van der Waals surface area contributed by atoms with Gasteiger partial charge in [0.2, 0.25) is 5.91 Å². The maximum absolute atomic E-state index is 11.1. The van der Waals surface area contributed by atoms with Gasteiger partial charge in [-0.2, -0.15) is 0 Å². The summed E-state index contributed by atoms with van der Waals surface area (Å²) in [6.07, 6.45) is 9.08. The Kier molecular flexibility index (Phi) is 6.00. The van der Waals surface area contributed by atoms with Gasteiger partial charge >= 0.3 is 0 Å². The number of rotatable bonds is 6. The molecule has 0 bridgehead atoms. The lowest BCUT2D eigenvalue weighted by Crippen LogP contribution is -2.35. The molecule has 0 radical (unpaired) electrons. The first-order valence-electron chi connectivity index (χ1n) is 10.9. The van der Waals surface area contributed by atoms with Crippen molar-refractivity contribution in [1.29, 1.82) is 0 Å². The lowest BCUT2D eigenvalue weighted by Gasteiger charge is -2.33. The predicted octanol–water partition coefficient (Wildman–Crippen LogP) is 4.39. The maximum atomic E-state index is 11.1. The second-order valence-electron chi connectivity index (χ2n) is 9.03. The van der Waals surface area contributed by atoms with Crippen molar-refractivity contribution in [2.45, 2.75) is 64.2 Å². The van der Waals surface area contributed by atoms with Gasteiger partial charge in [-0.15, -0.1) is 0 Å². The number of likely N-dealkylation sites (tertiary alicyclic amines) is 1. The van der Waals surface area contributed by atoms with Crippen LogP contribution in [0.3, 0.4) is 0 Å². The predicted molar refractivity (Wildman–Crippen MR) is 111 cm³/mol. The van der Waals surface area contributed by atoms with Gasteiger partial charge in [0.1, 0.15) is 0 Å². The summed E-state index contributed by atoms with van der Waals surface area (Å²) in [6.45, 7) is 5.60. The molecule has 0 unspecified atom stereocenters. The molecule has 1 aromatic heterocycles. The first-order chi connectivity index (χ1) is 13.6. The van der Waals surface area contributed by atoms with Crippen molar-refractivity contribution in [3.05, 3.63) is 29.5 Å². The van der Waals surface area contributed by atoms with Gasteiger partial charge in [-0.1, -0.05) is 24.1 Å². The summed E-state index contributed by atoms with van der Waals surface area (Å²) in [6, 6.07) is 6.40. The van der Waals surface area contributed by atoms with Crippen molar-refractivity contribution in [2.24, 2.45) is 17.6 Å². The summed E-state index contributed by atoms with van der Waals surface area (Å²) >= 11 is 0. The second-order valence-corrected chi connectivity index (χ2v) is 9.03. The number of amides is 1. The lowest BCUT2D eigenvalue weighted by molar-refractivity contribution is -0.119. The van der Waals surface area contributed by atoms with E-state index in [1.807, 2.05) is 0 Å². The number of hydrogen-bond acceptors (Lipinski definition) is 4. The Morgan fingerprint density at radius 3 is 2.57 bits per heavy atom. The third kappa shape index (κ3) is 4.57. The number of carbonyl (C=O) groups excluding carboxylic acids is 1. The molecule has 1 aliphatic heterocycles. The van der Waals surface area contributed by atoms with Crippen molar-refractivity contribution < 1.29 is 9.32 Å². The molecule has 4 rings (SSSR count). The van der Waals surface area contributed by atoms with Gasteiger partial charge in [-0.3, -0.25) is 4.79 Å². The fourth-order valence-electron chi connectivity index (χ4n) is 5.16. The Balaban J connectivity index is 1.22. The molecule has 0 atom stereocenters. The van der Waals surface area contributed by atoms with E-state index in [-0.39, 0.29) is 5.91 Å². The molecule has 28 heavy (non-hydrogen) atoms. The van der Waals surface area contributed by atoms with Crippen LogP contribution < -0.4 is 5.73 Å². The Morgan fingerprint density at radius 2 is 1.86 bits per heavy atom. The molecule has 1 saturated heterocycles. The van der Waals surface area contributed by atoms with E-state index in [0.717, 1.165) is 30.3 Å². The number of primary amides is 1. The Morgan fingerprint density at radius 1 is 1.14 bits per heavy atom. The van der Waals surface area contributed by atoms with Crippen LogP contribution in [-0.4, -0.2) is 35.6 Å². The van der Waals surface area contributed by atoms with Crippen molar-refractivity contribution in [2.75, 3.05) is 19.6 Å². The van der Waals surface area contributed by atoms with Gasteiger partial charge in [-0.05, 0) is 88.2 Å². The zero-order valence-corrected chi connectivity index (χ0v) is 17.0. The highest BCUT2D eigenvalue weighted by molar-refractivity contribution is 5.80. The number of fused-ring (bicyclic) bond motifs is 1. The number of piperidine rings is 1. The average molecular weight is 384 g/mol. The molecule has 152 valence electrons. The zero-order chi connectivity index (χ0) is 19.5. The van der Waals surface area contributed by atoms with Gasteiger partial charge in [0.25, 0.3) is 0 Å². The van der Waals surface area contributed by atoms with E-state index in [2.05, 4.69) is 35.2 Å². The molecule has 5 heteroatoms. The standard InChI is InChI=1S/C23H33N3O2/c1-16-2-7-20-21(14-16)28-25-23(20)19-9-12-26(13-10-19)11-8-17-3-5-18(6-4-17)15-22(24)27/h2,7,14,17-19H,3-6,8-13,15H2,1H3,(H2,24,27). The number of aromatic nitrogens is 1. The summed E-state index contributed by atoms with van der Waals surface area (Å²) in [5.74, 6) is 1.74. The summed E-state index contributed by atoms with van der Waals surface area (Å²) < 4.78 is 5.58. The molecule has 5 nitrogen and oxygen atoms in total. The van der Waals surface area contributed by atoms with Crippen molar-refractivity contribution in [1.82, 2.24) is 10.1 Å². The van der Waals surface area contributed by atoms with Crippen LogP contribution in [0.4, 0.5) is 0 Å². The molecule has 1 aliphatic carbocycles. The van der Waals surface area contributed by atoms with Gasteiger partial charge in [-0.25, -0.2) is 0 Å². The van der Waals surface area contributed by atoms with Crippen LogP contribution in [0.25, 0.3) is 11.0 Å². The smallest absolute Gasteiger partial charge is 0.217 e. The van der Waals surface area contributed by atoms with E-state index < -0.39 is 0 Å². The van der Waals surface area contributed by atoms with Crippen molar-refractivity contribution in [3.8, 4) is 0 Å². The minimum atomic E-state index is -0.138. The Hall–Kier alpha value is -1.88. The quantitative estimate of drug-likeness (QED) is 0.803. The molecule has 2 N–H and O–H groups in total. The molecule has 1 amide bonds. The van der Waals surface area contributed by atoms with E-state index in [1.165, 1.54) is 62.4 Å². The second kappa shape index (κ2) is 8.64. The highest BCUT2D eigenvalue weighted by Crippen LogP contribution is 2.35. The summed E-state index contributed by atoms with van der Waals surface area (Å²) in [5.41, 5.74) is 8.63. The molecule has 2 heterocycles. The number of nitrogens with two attached hydrogens (primary N) is 1. The van der Waals surface area contributed by atoms with Crippen LogP contribution in [0, 0.1) is 18.8 Å². The first kappa shape index (κ1) is 19.4. The minimum absolute atomic E-state index is 0.138. The fourth-order valence-corrected chi connectivity index (χ4v) is 5.16. The van der Waals surface area contributed by atoms with Crippen LogP contribution in [0.15, 0.2) is 22.7 Å². The summed E-state index contributed by atoms with van der Waals surface area (Å²) in [4.78, 5) is 13.7. The number of carbonyl (C=O) groups is 1. The van der Waals surface area contributed by atoms with E-state index in [0.29, 0.717) is 18.3 Å². The van der Waals surface area contributed by atoms with Gasteiger partial charge < -0.3 is 15.2 Å². The monoisotopic (exact) mass is 383 g/mol. The largest absolute Gasteiger partial charge is 0.370 e. The first-order valence-corrected chi connectivity index (χ1v) is 10.9. The molecule has 0 spiro atoms. The van der Waals surface area contributed by atoms with Gasteiger partial charge in [0, 0.05) is 17.7 Å². The third-order valence-electron chi connectivity index (χ3n) is 6.94. The summed E-state index contributed by atoms with van der Waals surface area (Å²) in [5, 5.41) is 5.60. The number of aryl methyl sites for hydroxylation is 1. The van der Waals surface area contributed by atoms with Crippen molar-refractivity contribution in [3.63, 3.8) is 0 Å². The SMILES string of the molecule is Cc1ccc2c(C3CCN(CCC4CCC(CC(N)=O)CC4)CC3)noc2c1. The Labute approximate surface area is 167 Å². The van der Waals surface area contributed by atoms with Gasteiger partial charge in [0.15, 0.2) is 5.58 Å². The van der Waals surface area contributed by atoms with E-state index >= 15 is 0 Å². The minimum Gasteiger partial charge on any atom is -0.370 e. The Bertz CT molecular complexity index is 799. The van der Waals surface area contributed by atoms with Gasteiger partial charge in [0.05, 0.1) is 5.69 Å². The van der Waals surface area contributed by atoms with E-state index in [1.54, 1.807) is 0 Å². The lowest BCUT2D eigenvalue weighted by atomic mass is 9.79. The van der Waals surface area contributed by atoms with Crippen LogP contribution >= 0.6 is 0 Å². The number of nitrogens with zero attached hydrogens (tertiary/aromatic N) is 2. The number of benzene rings is 1. The average Bonchev–Trinajstić information content (AvgIpc) is 3.10. The van der Waals surface area contributed by atoms with E-state index in [4.69, 9.17) is 10.3 Å². The highest BCUT2D eigenvalue weighted by atomic mass is 16.5. The third-order valence-corrected chi connectivity index (χ3v) is 6.94. The van der Waals surface area contributed by atoms with Crippen LogP contribution in [0.2, 0.25) is 0 Å². The van der Waals surface area contributed by atoms with Crippen LogP contribution in [-0.2, 0) is 4.79 Å². The van der Waals surface area contributed by atoms with Crippen LogP contribution in [0.5, 0.6) is 0 Å². The van der Waals surface area contributed by atoms with Crippen molar-refractivity contribution >= 4 is 16.9 Å². The fraction of sp³-hybridized carbons (Fsp3) is 0.652. The normalized spacial score (nSPS) is 24.6.